The number of benzene rings is 1. The topological polar surface area (TPSA) is 116 Å². The molecular formula is C9H9AgClNO6P-2. The first-order valence-electron chi connectivity index (χ1n) is 4.82. The second kappa shape index (κ2) is 8.14. The van der Waals surface area contributed by atoms with Gasteiger partial charge in [0.05, 0.1) is 24.7 Å². The Morgan fingerprint density at radius 1 is 1.32 bits per heavy atom. The standard InChI is InChI=1S/C9H11ClNO6P.Ag/c10-8(6-17-18(14,15)16)5-7-1-3-9(4-2-7)11(12)13;/h1-4,8H,5-6H2,(H2,14,15,16);/p-2. The van der Waals surface area contributed by atoms with E-state index >= 15 is 0 Å². The van der Waals surface area contributed by atoms with Crippen molar-refractivity contribution in [2.75, 3.05) is 6.61 Å². The fourth-order valence-corrected chi connectivity index (χ4v) is 1.93. The molecule has 0 bridgehead atoms. The summed E-state index contributed by atoms with van der Waals surface area (Å²) in [7, 11) is -5.02. The Labute approximate surface area is 129 Å². The summed E-state index contributed by atoms with van der Waals surface area (Å²) in [6.07, 6.45) is 0.236. The molecule has 0 fully saturated rings. The summed E-state index contributed by atoms with van der Waals surface area (Å²) in [6, 6.07) is 5.63. The van der Waals surface area contributed by atoms with Gasteiger partial charge in [-0.1, -0.05) is 12.1 Å². The van der Waals surface area contributed by atoms with Crippen molar-refractivity contribution in [3.63, 3.8) is 0 Å². The van der Waals surface area contributed by atoms with Gasteiger partial charge < -0.3 is 18.9 Å². The van der Waals surface area contributed by atoms with E-state index in [1.807, 2.05) is 0 Å². The summed E-state index contributed by atoms with van der Waals surface area (Å²) < 4.78 is 14.3. The van der Waals surface area contributed by atoms with E-state index in [1.54, 1.807) is 0 Å². The fraction of sp³-hybridized carbons (Fsp3) is 0.333. The van der Waals surface area contributed by atoms with E-state index in [-0.39, 0.29) is 34.5 Å². The Kier molecular flexibility index (Phi) is 8.03. The summed E-state index contributed by atoms with van der Waals surface area (Å²) in [5, 5.41) is 9.70. The molecular weight excluding hydrogens is 392 g/mol. The number of nitrogens with zero attached hydrogens (tertiary/aromatic N) is 1. The van der Waals surface area contributed by atoms with Crippen LogP contribution in [0, 0.1) is 10.1 Å². The maximum Gasteiger partial charge on any atom is 0.269 e. The number of hydrogen-bond acceptors (Lipinski definition) is 6. The van der Waals surface area contributed by atoms with Crippen molar-refractivity contribution in [3.8, 4) is 0 Å². The summed E-state index contributed by atoms with van der Waals surface area (Å²) in [5.74, 6) is 0. The Morgan fingerprint density at radius 3 is 2.26 bits per heavy atom. The van der Waals surface area contributed by atoms with Crippen LogP contribution in [0.2, 0.25) is 0 Å². The van der Waals surface area contributed by atoms with Crippen LogP contribution in [0.15, 0.2) is 24.3 Å². The van der Waals surface area contributed by atoms with Gasteiger partial charge in [-0.15, -0.1) is 11.6 Å². The van der Waals surface area contributed by atoms with E-state index in [9.17, 15) is 24.5 Å². The smallest absolute Gasteiger partial charge is 0.269 e. The van der Waals surface area contributed by atoms with Gasteiger partial charge in [-0.05, 0) is 12.0 Å². The molecule has 1 aromatic carbocycles. The van der Waals surface area contributed by atoms with Crippen LogP contribution in [0.3, 0.4) is 0 Å². The predicted octanol–water partition coefficient (Wildman–Crippen LogP) is 0.587. The second-order valence-electron chi connectivity index (χ2n) is 3.47. The first kappa shape index (κ1) is 18.8. The predicted molar refractivity (Wildman–Crippen MR) is 60.0 cm³/mol. The number of alkyl halides is 1. The molecule has 0 aliphatic rings. The summed E-state index contributed by atoms with van der Waals surface area (Å²) >= 11 is 5.77. The van der Waals surface area contributed by atoms with Crippen LogP contribution in [-0.4, -0.2) is 16.9 Å². The van der Waals surface area contributed by atoms with Crippen molar-refractivity contribution >= 4 is 25.1 Å². The molecule has 0 aliphatic heterocycles. The van der Waals surface area contributed by atoms with Crippen molar-refractivity contribution in [2.24, 2.45) is 0 Å². The molecule has 1 rings (SSSR count). The molecule has 0 aliphatic carbocycles. The van der Waals surface area contributed by atoms with Gasteiger partial charge >= 0.3 is 0 Å². The first-order chi connectivity index (χ1) is 8.28. The molecule has 10 heteroatoms. The van der Waals surface area contributed by atoms with Gasteiger partial charge in [0, 0.05) is 34.5 Å². The summed E-state index contributed by atoms with van der Waals surface area (Å²) in [4.78, 5) is 30.3. The number of phosphoric ester groups is 1. The maximum absolute atomic E-state index is 10.4. The minimum Gasteiger partial charge on any atom is -0.790 e. The second-order valence-corrected chi connectivity index (χ2v) is 5.24. The molecule has 0 saturated heterocycles. The van der Waals surface area contributed by atoms with Gasteiger partial charge in [0.15, 0.2) is 0 Å². The average Bonchev–Trinajstić information content (AvgIpc) is 2.26. The maximum atomic E-state index is 10.4. The quantitative estimate of drug-likeness (QED) is 0.226. The van der Waals surface area contributed by atoms with Crippen molar-refractivity contribution in [1.29, 1.82) is 0 Å². The number of halogens is 1. The Bertz CT molecular complexity index is 464. The minimum atomic E-state index is -5.02. The SMILES string of the molecule is O=[N+]([O-])c1ccc(CC(Cl)COP(=O)([O-])[O-])cc1.[Ag]. The summed E-state index contributed by atoms with van der Waals surface area (Å²) in [6.45, 7) is -0.428. The fourth-order valence-electron chi connectivity index (χ4n) is 1.24. The number of non-ortho nitro benzene ring substituents is 1. The molecule has 1 aromatic rings. The number of hydrogen-bond donors (Lipinski definition) is 0. The monoisotopic (exact) mass is 400 g/mol. The van der Waals surface area contributed by atoms with Crippen LogP contribution in [0.1, 0.15) is 5.56 Å². The van der Waals surface area contributed by atoms with Crippen LogP contribution in [0.5, 0.6) is 0 Å². The molecule has 1 unspecified atom stereocenters. The number of nitro benzene ring substituents is 1. The normalized spacial score (nSPS) is 12.6. The molecule has 0 aromatic heterocycles. The van der Waals surface area contributed by atoms with Gasteiger partial charge in [0.1, 0.15) is 0 Å². The van der Waals surface area contributed by atoms with Crippen LogP contribution in [0.4, 0.5) is 5.69 Å². The third kappa shape index (κ3) is 7.81. The third-order valence-electron chi connectivity index (χ3n) is 2.02. The zero-order valence-electron chi connectivity index (χ0n) is 9.32. The van der Waals surface area contributed by atoms with Crippen molar-refractivity contribution in [2.45, 2.75) is 11.8 Å². The van der Waals surface area contributed by atoms with E-state index in [4.69, 9.17) is 11.6 Å². The molecule has 7 nitrogen and oxygen atoms in total. The molecule has 0 saturated carbocycles. The van der Waals surface area contributed by atoms with E-state index in [0.29, 0.717) is 5.56 Å². The van der Waals surface area contributed by atoms with Gasteiger partial charge in [-0.25, -0.2) is 0 Å². The molecule has 1 atom stereocenters. The molecule has 1 radical (unpaired) electrons. The van der Waals surface area contributed by atoms with E-state index in [0.717, 1.165) is 0 Å². The molecule has 0 N–H and O–H groups in total. The Hall–Kier alpha value is -0.240. The van der Waals surface area contributed by atoms with Crippen molar-refractivity contribution in [1.82, 2.24) is 0 Å². The van der Waals surface area contributed by atoms with E-state index in [1.165, 1.54) is 24.3 Å². The average molecular weight is 401 g/mol. The molecule has 19 heavy (non-hydrogen) atoms. The van der Waals surface area contributed by atoms with Gasteiger partial charge in [-0.3, -0.25) is 10.1 Å². The minimum absolute atomic E-state index is 0. The first-order valence-corrected chi connectivity index (χ1v) is 6.71. The molecule has 0 heterocycles. The number of phosphoric acid groups is 1. The van der Waals surface area contributed by atoms with Crippen LogP contribution in [-0.2, 0) is 37.9 Å². The molecule has 0 amide bonds. The van der Waals surface area contributed by atoms with E-state index in [2.05, 4.69) is 4.52 Å². The zero-order valence-corrected chi connectivity index (χ0v) is 12.5. The van der Waals surface area contributed by atoms with Gasteiger partial charge in [0.2, 0.25) is 0 Å². The van der Waals surface area contributed by atoms with Crippen LogP contribution >= 0.6 is 19.4 Å². The van der Waals surface area contributed by atoms with Gasteiger partial charge in [0.25, 0.3) is 5.69 Å². The third-order valence-corrected chi connectivity index (χ3v) is 2.76. The Balaban J connectivity index is 0.00000324. The van der Waals surface area contributed by atoms with Crippen molar-refractivity contribution < 1.29 is 46.2 Å². The van der Waals surface area contributed by atoms with E-state index < -0.39 is 24.7 Å². The zero-order chi connectivity index (χ0) is 13.8. The van der Waals surface area contributed by atoms with Gasteiger partial charge in [-0.2, -0.15) is 0 Å². The summed E-state index contributed by atoms with van der Waals surface area (Å²) in [5.41, 5.74) is 0.626. The van der Waals surface area contributed by atoms with Crippen LogP contribution in [0.25, 0.3) is 0 Å². The number of rotatable bonds is 6. The number of nitro groups is 1. The van der Waals surface area contributed by atoms with Crippen LogP contribution < -0.4 is 9.79 Å². The molecule has 111 valence electrons. The Morgan fingerprint density at radius 2 is 1.84 bits per heavy atom. The van der Waals surface area contributed by atoms with Crippen molar-refractivity contribution in [3.05, 3.63) is 39.9 Å². The molecule has 0 spiro atoms. The largest absolute Gasteiger partial charge is 0.790 e.